The summed E-state index contributed by atoms with van der Waals surface area (Å²) >= 11 is 6.22. The molecule has 0 aliphatic rings. The molecule has 0 N–H and O–H groups in total. The molecule has 2 aromatic rings. The van der Waals surface area contributed by atoms with Crippen molar-refractivity contribution in [2.45, 2.75) is 32.7 Å². The molecule has 0 aliphatic heterocycles. The number of imidazole rings is 1. The monoisotopic (exact) mass is 293 g/mol. The van der Waals surface area contributed by atoms with E-state index >= 15 is 0 Å². The molecule has 1 unspecified atom stereocenters. The Hall–Kier alpha value is -1.55. The molecule has 0 bridgehead atoms. The molecule has 4 nitrogen and oxygen atoms in total. The highest BCUT2D eigenvalue weighted by atomic mass is 35.5. The van der Waals surface area contributed by atoms with Gasteiger partial charge in [-0.25, -0.2) is 4.98 Å². The van der Waals surface area contributed by atoms with Gasteiger partial charge in [0.15, 0.2) is 0 Å². The molecule has 108 valence electrons. The molecule has 0 radical (unpaired) electrons. The number of para-hydroxylation sites is 1. The summed E-state index contributed by atoms with van der Waals surface area (Å²) in [6.07, 6.45) is 0. The lowest BCUT2D eigenvalue weighted by Crippen LogP contribution is -2.30. The number of hydrogen-bond acceptors (Lipinski definition) is 2. The van der Waals surface area contributed by atoms with Gasteiger partial charge in [0.2, 0.25) is 5.91 Å². The Labute approximate surface area is 124 Å². The summed E-state index contributed by atoms with van der Waals surface area (Å²) < 4.78 is 1.94. The molecule has 2 rings (SSSR count). The molecular weight excluding hydrogens is 274 g/mol. The minimum Gasteiger partial charge on any atom is -0.344 e. The Morgan fingerprint density at radius 3 is 2.80 bits per heavy atom. The van der Waals surface area contributed by atoms with Crippen molar-refractivity contribution >= 4 is 28.5 Å². The van der Waals surface area contributed by atoms with Gasteiger partial charge in [-0.15, -0.1) is 11.6 Å². The predicted octanol–water partition coefficient (Wildman–Crippen LogP) is 3.12. The van der Waals surface area contributed by atoms with Gasteiger partial charge in [-0.2, -0.15) is 0 Å². The van der Waals surface area contributed by atoms with Crippen LogP contribution in [0.1, 0.15) is 30.6 Å². The number of nitrogens with zero attached hydrogens (tertiary/aromatic N) is 3. The molecule has 5 heteroatoms. The number of benzene rings is 1. The van der Waals surface area contributed by atoms with Gasteiger partial charge in [0, 0.05) is 13.6 Å². The number of carbonyl (C=O) groups is 1. The minimum atomic E-state index is -0.235. The van der Waals surface area contributed by atoms with E-state index in [1.165, 1.54) is 0 Å². The van der Waals surface area contributed by atoms with Crippen molar-refractivity contribution in [1.29, 1.82) is 0 Å². The third-order valence-corrected chi connectivity index (χ3v) is 3.74. The van der Waals surface area contributed by atoms with Gasteiger partial charge in [0.1, 0.15) is 12.4 Å². The van der Waals surface area contributed by atoms with E-state index in [4.69, 9.17) is 11.6 Å². The van der Waals surface area contributed by atoms with Crippen LogP contribution in [-0.2, 0) is 11.3 Å². The van der Waals surface area contributed by atoms with Crippen LogP contribution in [0.4, 0.5) is 0 Å². The zero-order valence-corrected chi connectivity index (χ0v) is 13.1. The van der Waals surface area contributed by atoms with Crippen molar-refractivity contribution < 1.29 is 4.79 Å². The zero-order chi connectivity index (χ0) is 14.9. The molecule has 0 saturated heterocycles. The van der Waals surface area contributed by atoms with Crippen molar-refractivity contribution in [3.8, 4) is 0 Å². The standard InChI is InChI=1S/C15H20ClN3O/c1-5-18(4)13(20)9-19-14-10(2)7-6-8-12(14)17-15(19)11(3)16/h6-8,11H,5,9H2,1-4H3. The number of carbonyl (C=O) groups excluding carboxylic acids is 1. The second kappa shape index (κ2) is 5.83. The molecule has 1 aromatic heterocycles. The normalized spacial score (nSPS) is 12.7. The maximum absolute atomic E-state index is 12.2. The topological polar surface area (TPSA) is 38.1 Å². The maximum atomic E-state index is 12.2. The molecule has 20 heavy (non-hydrogen) atoms. The molecule has 1 heterocycles. The third kappa shape index (κ3) is 2.66. The second-order valence-corrected chi connectivity index (χ2v) is 5.68. The highest BCUT2D eigenvalue weighted by Crippen LogP contribution is 2.26. The molecule has 0 fully saturated rings. The first kappa shape index (κ1) is 14.9. The predicted molar refractivity (Wildman–Crippen MR) is 82.0 cm³/mol. The Morgan fingerprint density at radius 2 is 2.20 bits per heavy atom. The zero-order valence-electron chi connectivity index (χ0n) is 12.4. The van der Waals surface area contributed by atoms with Crippen molar-refractivity contribution in [2.75, 3.05) is 13.6 Å². The number of halogens is 1. The molecule has 0 saturated carbocycles. The van der Waals surface area contributed by atoms with Crippen LogP contribution in [-0.4, -0.2) is 34.0 Å². The van der Waals surface area contributed by atoms with Gasteiger partial charge in [-0.05, 0) is 32.4 Å². The largest absolute Gasteiger partial charge is 0.344 e. The van der Waals surface area contributed by atoms with E-state index in [0.29, 0.717) is 6.54 Å². The van der Waals surface area contributed by atoms with Gasteiger partial charge >= 0.3 is 0 Å². The summed E-state index contributed by atoms with van der Waals surface area (Å²) in [7, 11) is 1.80. The number of aromatic nitrogens is 2. The summed E-state index contributed by atoms with van der Waals surface area (Å²) in [6.45, 7) is 6.83. The Bertz CT molecular complexity index is 633. The lowest BCUT2D eigenvalue weighted by atomic mass is 10.2. The van der Waals surface area contributed by atoms with E-state index in [-0.39, 0.29) is 17.8 Å². The van der Waals surface area contributed by atoms with Gasteiger partial charge in [0.25, 0.3) is 0 Å². The number of rotatable bonds is 4. The summed E-state index contributed by atoms with van der Waals surface area (Å²) in [6, 6.07) is 5.95. The van der Waals surface area contributed by atoms with Crippen LogP contribution in [0.15, 0.2) is 18.2 Å². The molecule has 1 atom stereocenters. The first-order valence-electron chi connectivity index (χ1n) is 6.79. The van der Waals surface area contributed by atoms with E-state index in [1.54, 1.807) is 11.9 Å². The number of amides is 1. The first-order valence-corrected chi connectivity index (χ1v) is 7.23. The van der Waals surface area contributed by atoms with Crippen molar-refractivity contribution in [1.82, 2.24) is 14.5 Å². The van der Waals surface area contributed by atoms with Crippen molar-refractivity contribution in [3.63, 3.8) is 0 Å². The molecular formula is C15H20ClN3O. The van der Waals surface area contributed by atoms with E-state index in [2.05, 4.69) is 4.98 Å². The number of fused-ring (bicyclic) bond motifs is 1. The van der Waals surface area contributed by atoms with E-state index in [9.17, 15) is 4.79 Å². The van der Waals surface area contributed by atoms with Crippen LogP contribution in [0.25, 0.3) is 11.0 Å². The highest BCUT2D eigenvalue weighted by molar-refractivity contribution is 6.20. The average Bonchev–Trinajstić information content (AvgIpc) is 2.78. The van der Waals surface area contributed by atoms with Gasteiger partial charge in [-0.1, -0.05) is 12.1 Å². The summed E-state index contributed by atoms with van der Waals surface area (Å²) in [4.78, 5) is 18.5. The van der Waals surface area contributed by atoms with Crippen LogP contribution in [0.5, 0.6) is 0 Å². The van der Waals surface area contributed by atoms with Crippen LogP contribution in [0.2, 0.25) is 0 Å². The molecule has 1 aromatic carbocycles. The van der Waals surface area contributed by atoms with Gasteiger partial charge in [0.05, 0.1) is 16.4 Å². The average molecular weight is 294 g/mol. The summed E-state index contributed by atoms with van der Waals surface area (Å²) in [5, 5.41) is -0.235. The second-order valence-electron chi connectivity index (χ2n) is 5.02. The SMILES string of the molecule is CCN(C)C(=O)Cn1c(C(C)Cl)nc2cccc(C)c21. The quantitative estimate of drug-likeness (QED) is 0.812. The Morgan fingerprint density at radius 1 is 1.50 bits per heavy atom. The van der Waals surface area contributed by atoms with Crippen LogP contribution >= 0.6 is 11.6 Å². The van der Waals surface area contributed by atoms with E-state index in [0.717, 1.165) is 22.4 Å². The fraction of sp³-hybridized carbons (Fsp3) is 0.467. The molecule has 1 amide bonds. The van der Waals surface area contributed by atoms with Gasteiger partial charge < -0.3 is 9.47 Å². The number of aryl methyl sites for hydroxylation is 1. The fourth-order valence-electron chi connectivity index (χ4n) is 2.28. The number of alkyl halides is 1. The number of hydrogen-bond donors (Lipinski definition) is 0. The van der Waals surface area contributed by atoms with Crippen LogP contribution in [0.3, 0.4) is 0 Å². The van der Waals surface area contributed by atoms with Crippen LogP contribution in [0, 0.1) is 6.92 Å². The maximum Gasteiger partial charge on any atom is 0.242 e. The van der Waals surface area contributed by atoms with Crippen molar-refractivity contribution in [2.24, 2.45) is 0 Å². The number of likely N-dealkylation sites (N-methyl/N-ethyl adjacent to an activating group) is 1. The molecule has 0 aliphatic carbocycles. The third-order valence-electron chi connectivity index (χ3n) is 3.55. The van der Waals surface area contributed by atoms with Crippen molar-refractivity contribution in [3.05, 3.63) is 29.6 Å². The first-order chi connectivity index (χ1) is 9.45. The Kier molecular flexibility index (Phi) is 4.33. The lowest BCUT2D eigenvalue weighted by Gasteiger charge is -2.17. The fourth-order valence-corrected chi connectivity index (χ4v) is 2.45. The highest BCUT2D eigenvalue weighted by Gasteiger charge is 2.19. The minimum absolute atomic E-state index is 0.0635. The van der Waals surface area contributed by atoms with Crippen LogP contribution < -0.4 is 0 Å². The van der Waals surface area contributed by atoms with Gasteiger partial charge in [-0.3, -0.25) is 4.79 Å². The van der Waals surface area contributed by atoms with E-state index < -0.39 is 0 Å². The Balaban J connectivity index is 2.54. The summed E-state index contributed by atoms with van der Waals surface area (Å²) in [5.74, 6) is 0.808. The lowest BCUT2D eigenvalue weighted by molar-refractivity contribution is -0.130. The van der Waals surface area contributed by atoms with E-state index in [1.807, 2.05) is 43.5 Å². The molecule has 0 spiro atoms. The summed E-state index contributed by atoms with van der Waals surface area (Å²) in [5.41, 5.74) is 2.98. The smallest absolute Gasteiger partial charge is 0.242 e.